The summed E-state index contributed by atoms with van der Waals surface area (Å²) in [6.45, 7) is 2.99. The molecular formula is C28H28N6O2S2. The maximum absolute atomic E-state index is 12.4. The number of benzene rings is 1. The Hall–Kier alpha value is -3.73. The average molecular weight is 545 g/mol. The van der Waals surface area contributed by atoms with Gasteiger partial charge >= 0.3 is 0 Å². The highest BCUT2D eigenvalue weighted by Crippen LogP contribution is 2.30. The second-order valence-electron chi connectivity index (χ2n) is 8.80. The number of hydrogen-bond donors (Lipinski definition) is 3. The second kappa shape index (κ2) is 12.7. The zero-order valence-corrected chi connectivity index (χ0v) is 22.4. The Kier molecular flexibility index (Phi) is 8.64. The molecule has 4 heterocycles. The number of aromatic nitrogens is 3. The monoisotopic (exact) mass is 544 g/mol. The Bertz CT molecular complexity index is 1400. The Labute approximate surface area is 231 Å². The van der Waals surface area contributed by atoms with Gasteiger partial charge < -0.3 is 15.4 Å². The van der Waals surface area contributed by atoms with Crippen molar-refractivity contribution in [1.82, 2.24) is 19.9 Å². The van der Waals surface area contributed by atoms with Crippen molar-refractivity contribution in [2.24, 2.45) is 0 Å². The Morgan fingerprint density at radius 1 is 1.05 bits per heavy atom. The molecule has 1 fully saturated rings. The van der Waals surface area contributed by atoms with Gasteiger partial charge in [-0.3, -0.25) is 14.7 Å². The van der Waals surface area contributed by atoms with Gasteiger partial charge in [0.2, 0.25) is 17.7 Å². The lowest BCUT2D eigenvalue weighted by molar-refractivity contribution is -0.111. The molecule has 38 heavy (non-hydrogen) atoms. The first-order valence-electron chi connectivity index (χ1n) is 12.4. The van der Waals surface area contributed by atoms with E-state index in [0.29, 0.717) is 28.3 Å². The molecule has 0 aliphatic carbocycles. The number of carbonyl (C=O) groups excluding carboxylic acids is 1. The number of thiophene rings is 1. The van der Waals surface area contributed by atoms with Gasteiger partial charge in [0.05, 0.1) is 15.6 Å². The van der Waals surface area contributed by atoms with E-state index in [0.717, 1.165) is 35.9 Å². The van der Waals surface area contributed by atoms with Crippen LogP contribution in [0, 0.1) is 0 Å². The lowest BCUT2D eigenvalue weighted by Gasteiger charge is -2.24. The molecule has 1 aliphatic heterocycles. The van der Waals surface area contributed by atoms with Gasteiger partial charge in [0.1, 0.15) is 5.75 Å². The molecule has 0 unspecified atom stereocenters. The number of nitrogens with zero attached hydrogens (tertiary/aromatic N) is 4. The van der Waals surface area contributed by atoms with E-state index in [4.69, 9.17) is 4.74 Å². The highest BCUT2D eigenvalue weighted by molar-refractivity contribution is 7.80. The lowest BCUT2D eigenvalue weighted by Crippen LogP contribution is -2.29. The third-order valence-corrected chi connectivity index (χ3v) is 7.02. The first-order chi connectivity index (χ1) is 18.6. The van der Waals surface area contributed by atoms with Crippen molar-refractivity contribution in [1.29, 1.82) is 0 Å². The standard InChI is InChI=1S/C28H28N6O2S2/c35-25(10-5-15-34-13-2-1-3-14-34)30-20-7-4-8-22(17-20)36-26-19-23(24-9-6-16-38-24)32-28(33-26)31-21-11-12-29-27(37)18-21/h4-12,16-19H,1-3,13-15H2,(H,30,35)(H2,29,31,32,33,37)/b10-5+. The highest BCUT2D eigenvalue weighted by Gasteiger charge is 2.11. The van der Waals surface area contributed by atoms with Crippen LogP contribution in [-0.4, -0.2) is 45.4 Å². The molecule has 10 heteroatoms. The lowest BCUT2D eigenvalue weighted by atomic mass is 10.1. The number of piperidine rings is 1. The zero-order chi connectivity index (χ0) is 26.2. The number of amides is 1. The SMILES string of the molecule is O=C(/C=C/CN1CCCCC1)Nc1cccc(Oc2cc(-c3cccs3)nc(Nc3ccnc(S)c3)n2)c1. The summed E-state index contributed by atoms with van der Waals surface area (Å²) in [4.78, 5) is 29.1. The van der Waals surface area contributed by atoms with Gasteiger partial charge in [0.25, 0.3) is 0 Å². The van der Waals surface area contributed by atoms with Gasteiger partial charge in [0.15, 0.2) is 0 Å². The first-order valence-corrected chi connectivity index (χ1v) is 13.8. The highest BCUT2D eigenvalue weighted by atomic mass is 32.1. The van der Waals surface area contributed by atoms with E-state index >= 15 is 0 Å². The molecule has 8 nitrogen and oxygen atoms in total. The van der Waals surface area contributed by atoms with Crippen LogP contribution in [0.15, 0.2) is 83.4 Å². The van der Waals surface area contributed by atoms with E-state index in [2.05, 4.69) is 43.1 Å². The van der Waals surface area contributed by atoms with Gasteiger partial charge in [0, 0.05) is 42.3 Å². The Morgan fingerprint density at radius 3 is 2.76 bits per heavy atom. The van der Waals surface area contributed by atoms with Crippen LogP contribution in [0.3, 0.4) is 0 Å². The summed E-state index contributed by atoms with van der Waals surface area (Å²) in [7, 11) is 0. The number of hydrogen-bond acceptors (Lipinski definition) is 9. The molecule has 1 saturated heterocycles. The fourth-order valence-electron chi connectivity index (χ4n) is 4.10. The summed E-state index contributed by atoms with van der Waals surface area (Å²) in [6, 6.07) is 16.6. The van der Waals surface area contributed by atoms with Crippen molar-refractivity contribution < 1.29 is 9.53 Å². The summed E-state index contributed by atoms with van der Waals surface area (Å²) >= 11 is 5.88. The molecule has 1 amide bonds. The van der Waals surface area contributed by atoms with Crippen LogP contribution >= 0.6 is 24.0 Å². The number of likely N-dealkylation sites (tertiary alicyclic amines) is 1. The van der Waals surface area contributed by atoms with Crippen LogP contribution in [0.2, 0.25) is 0 Å². The topological polar surface area (TPSA) is 92.3 Å². The van der Waals surface area contributed by atoms with Crippen molar-refractivity contribution >= 4 is 47.2 Å². The van der Waals surface area contributed by atoms with Crippen LogP contribution in [0.4, 0.5) is 17.3 Å². The Balaban J connectivity index is 1.29. The summed E-state index contributed by atoms with van der Waals surface area (Å²) in [5, 5.41) is 8.69. The quantitative estimate of drug-likeness (QED) is 0.166. The number of nitrogens with one attached hydrogen (secondary N) is 2. The number of thiol groups is 1. The van der Waals surface area contributed by atoms with Gasteiger partial charge in [-0.1, -0.05) is 24.6 Å². The third kappa shape index (κ3) is 7.41. The molecule has 1 aliphatic rings. The molecule has 3 aromatic heterocycles. The molecule has 194 valence electrons. The average Bonchev–Trinajstić information content (AvgIpc) is 3.45. The summed E-state index contributed by atoms with van der Waals surface area (Å²) < 4.78 is 6.11. The van der Waals surface area contributed by atoms with E-state index < -0.39 is 0 Å². The molecule has 5 rings (SSSR count). The fraction of sp³-hybridized carbons (Fsp3) is 0.214. The van der Waals surface area contributed by atoms with Crippen molar-refractivity contribution in [3.8, 4) is 22.2 Å². The van der Waals surface area contributed by atoms with Crippen LogP contribution in [0.5, 0.6) is 11.6 Å². The largest absolute Gasteiger partial charge is 0.439 e. The maximum atomic E-state index is 12.4. The minimum Gasteiger partial charge on any atom is -0.439 e. The molecule has 0 radical (unpaired) electrons. The van der Waals surface area contributed by atoms with Crippen LogP contribution in [-0.2, 0) is 4.79 Å². The molecule has 0 atom stereocenters. The van der Waals surface area contributed by atoms with Crippen molar-refractivity contribution in [3.05, 3.63) is 78.3 Å². The third-order valence-electron chi connectivity index (χ3n) is 5.88. The zero-order valence-electron chi connectivity index (χ0n) is 20.7. The molecule has 1 aromatic carbocycles. The van der Waals surface area contributed by atoms with Crippen LogP contribution < -0.4 is 15.4 Å². The normalized spacial score (nSPS) is 13.9. The number of ether oxygens (including phenoxy) is 1. The molecule has 2 N–H and O–H groups in total. The van der Waals surface area contributed by atoms with E-state index in [1.165, 1.54) is 19.3 Å². The van der Waals surface area contributed by atoms with Gasteiger partial charge in [-0.05, 0) is 61.6 Å². The van der Waals surface area contributed by atoms with Crippen LogP contribution in [0.1, 0.15) is 19.3 Å². The predicted molar refractivity (Wildman–Crippen MR) is 155 cm³/mol. The fourth-order valence-corrected chi connectivity index (χ4v) is 4.99. The predicted octanol–water partition coefficient (Wildman–Crippen LogP) is 6.41. The van der Waals surface area contributed by atoms with E-state index in [-0.39, 0.29) is 5.91 Å². The molecular weight excluding hydrogens is 516 g/mol. The summed E-state index contributed by atoms with van der Waals surface area (Å²) in [6.07, 6.45) is 8.92. The van der Waals surface area contributed by atoms with Gasteiger partial charge in [-0.2, -0.15) is 4.98 Å². The van der Waals surface area contributed by atoms with E-state index in [9.17, 15) is 4.79 Å². The summed E-state index contributed by atoms with van der Waals surface area (Å²) in [5.74, 6) is 1.13. The number of pyridine rings is 1. The minimum absolute atomic E-state index is 0.173. The molecule has 0 spiro atoms. The number of carbonyl (C=O) groups is 1. The minimum atomic E-state index is -0.173. The van der Waals surface area contributed by atoms with E-state index in [1.54, 1.807) is 41.8 Å². The number of rotatable bonds is 9. The smallest absolute Gasteiger partial charge is 0.248 e. The maximum Gasteiger partial charge on any atom is 0.248 e. The van der Waals surface area contributed by atoms with Crippen molar-refractivity contribution in [2.45, 2.75) is 24.3 Å². The first kappa shape index (κ1) is 25.9. The number of anilines is 3. The van der Waals surface area contributed by atoms with Crippen molar-refractivity contribution in [3.63, 3.8) is 0 Å². The van der Waals surface area contributed by atoms with E-state index in [1.807, 2.05) is 47.9 Å². The molecule has 4 aromatic rings. The van der Waals surface area contributed by atoms with Gasteiger partial charge in [-0.25, -0.2) is 4.98 Å². The molecule has 0 bridgehead atoms. The summed E-state index contributed by atoms with van der Waals surface area (Å²) in [5.41, 5.74) is 2.13. The molecule has 0 saturated carbocycles. The van der Waals surface area contributed by atoms with Crippen molar-refractivity contribution in [2.75, 3.05) is 30.3 Å². The Morgan fingerprint density at radius 2 is 1.95 bits per heavy atom. The van der Waals surface area contributed by atoms with Crippen LogP contribution in [0.25, 0.3) is 10.6 Å². The van der Waals surface area contributed by atoms with Gasteiger partial charge in [-0.15, -0.1) is 24.0 Å². The second-order valence-corrected chi connectivity index (χ2v) is 10.2.